The Hall–Kier alpha value is -1.25. The van der Waals surface area contributed by atoms with Crippen molar-refractivity contribution in [2.75, 3.05) is 0 Å². The van der Waals surface area contributed by atoms with Gasteiger partial charge in [-0.15, -0.1) is 0 Å². The molecule has 0 aromatic heterocycles. The summed E-state index contributed by atoms with van der Waals surface area (Å²) in [6, 6.07) is 15.5. The molecule has 0 heterocycles. The van der Waals surface area contributed by atoms with E-state index in [0.717, 1.165) is 9.79 Å². The second-order valence-corrected chi connectivity index (χ2v) is 5.31. The van der Waals surface area contributed by atoms with Crippen LogP contribution in [-0.4, -0.2) is 4.55 Å². The third kappa shape index (κ3) is 2.29. The molecule has 0 saturated heterocycles. The molecule has 16 heavy (non-hydrogen) atoms. The van der Waals surface area contributed by atoms with E-state index in [9.17, 15) is 4.55 Å². The average Bonchev–Trinajstić information content (AvgIpc) is 2.33. The van der Waals surface area contributed by atoms with E-state index in [4.69, 9.17) is 0 Å². The maximum atomic E-state index is 12.2. The van der Waals surface area contributed by atoms with Crippen LogP contribution in [0.2, 0.25) is 0 Å². The minimum absolute atomic E-state index is 0.853. The molecule has 2 aromatic rings. The fourth-order valence-electron chi connectivity index (χ4n) is 1.51. The molecule has 2 heteroatoms. The molecular formula is C14H14OS. The van der Waals surface area contributed by atoms with Gasteiger partial charge in [0.1, 0.15) is 0 Å². The summed E-state index contributed by atoms with van der Waals surface area (Å²) in [5.41, 5.74) is 2.41. The lowest BCUT2D eigenvalue weighted by Crippen LogP contribution is -2.02. The summed E-state index contributed by atoms with van der Waals surface area (Å²) in [4.78, 5) is 1.72. The summed E-state index contributed by atoms with van der Waals surface area (Å²) in [6.07, 6.45) is 0. The first-order chi connectivity index (χ1) is 7.68. The van der Waals surface area contributed by atoms with Gasteiger partial charge in [-0.3, -0.25) is 0 Å². The molecule has 1 atom stereocenters. The smallest absolute Gasteiger partial charge is 0.158 e. The summed E-state index contributed by atoms with van der Waals surface area (Å²) in [6.45, 7) is 4.10. The molecule has 0 N–H and O–H groups in total. The monoisotopic (exact) mass is 230 g/mol. The van der Waals surface area contributed by atoms with E-state index in [2.05, 4.69) is 6.92 Å². The predicted octanol–water partition coefficient (Wildman–Crippen LogP) is 3.47. The fraction of sp³-hybridized carbons (Fsp3) is 0.143. The van der Waals surface area contributed by atoms with Crippen LogP contribution in [0.3, 0.4) is 0 Å². The number of benzene rings is 2. The summed E-state index contributed by atoms with van der Waals surface area (Å²) < 4.78 is 12.2. The maximum absolute atomic E-state index is 12.2. The largest absolute Gasteiger partial charge is 0.606 e. The first-order valence-corrected chi connectivity index (χ1v) is 6.37. The van der Waals surface area contributed by atoms with Crippen LogP contribution >= 0.6 is 0 Å². The lowest BCUT2D eigenvalue weighted by Gasteiger charge is -2.10. The Kier molecular flexibility index (Phi) is 3.32. The molecule has 0 aliphatic carbocycles. The Bertz CT molecular complexity index is 479. The summed E-state index contributed by atoms with van der Waals surface area (Å²) in [5.74, 6) is 0. The van der Waals surface area contributed by atoms with Gasteiger partial charge < -0.3 is 4.55 Å². The topological polar surface area (TPSA) is 23.1 Å². The van der Waals surface area contributed by atoms with Crippen LogP contribution in [0.1, 0.15) is 11.1 Å². The van der Waals surface area contributed by atoms with Crippen molar-refractivity contribution in [1.82, 2.24) is 0 Å². The van der Waals surface area contributed by atoms with Crippen LogP contribution in [0.15, 0.2) is 58.3 Å². The predicted molar refractivity (Wildman–Crippen MR) is 67.0 cm³/mol. The number of hydrogen-bond donors (Lipinski definition) is 0. The minimum Gasteiger partial charge on any atom is -0.606 e. The summed E-state index contributed by atoms with van der Waals surface area (Å²) in [7, 11) is 0. The molecule has 0 fully saturated rings. The molecule has 0 bridgehead atoms. The lowest BCUT2D eigenvalue weighted by molar-refractivity contribution is 0.595. The van der Waals surface area contributed by atoms with E-state index in [1.807, 2.05) is 55.5 Å². The van der Waals surface area contributed by atoms with Crippen molar-refractivity contribution >= 4 is 11.2 Å². The molecule has 0 spiro atoms. The number of aryl methyl sites for hydroxylation is 2. The van der Waals surface area contributed by atoms with Crippen LogP contribution in [0.4, 0.5) is 0 Å². The van der Waals surface area contributed by atoms with Crippen molar-refractivity contribution in [3.05, 3.63) is 59.7 Å². The lowest BCUT2D eigenvalue weighted by atomic mass is 10.1. The SMILES string of the molecule is Cc1ccc([S+]([O-])c2ccccc2)cc1C. The highest BCUT2D eigenvalue weighted by Crippen LogP contribution is 2.22. The van der Waals surface area contributed by atoms with Crippen molar-refractivity contribution in [2.24, 2.45) is 0 Å². The molecule has 2 aromatic carbocycles. The summed E-state index contributed by atoms with van der Waals surface area (Å²) >= 11 is -1.07. The standard InChI is InChI=1S/C14H14OS/c1-11-8-9-14(10-12(11)2)16(15)13-6-4-3-5-7-13/h3-10H,1-2H3. The minimum atomic E-state index is -1.07. The van der Waals surface area contributed by atoms with Gasteiger partial charge in [-0.2, -0.15) is 0 Å². The highest BCUT2D eigenvalue weighted by atomic mass is 32.2. The van der Waals surface area contributed by atoms with Crippen LogP contribution in [-0.2, 0) is 11.2 Å². The van der Waals surface area contributed by atoms with E-state index in [-0.39, 0.29) is 0 Å². The van der Waals surface area contributed by atoms with Crippen LogP contribution in [0.5, 0.6) is 0 Å². The van der Waals surface area contributed by atoms with Crippen molar-refractivity contribution in [3.8, 4) is 0 Å². The van der Waals surface area contributed by atoms with Gasteiger partial charge >= 0.3 is 0 Å². The molecule has 1 nitrogen and oxygen atoms in total. The van der Waals surface area contributed by atoms with Gasteiger partial charge in [0.15, 0.2) is 9.79 Å². The van der Waals surface area contributed by atoms with Gasteiger partial charge in [-0.25, -0.2) is 0 Å². The highest BCUT2D eigenvalue weighted by Gasteiger charge is 2.14. The Morgan fingerprint density at radius 2 is 1.50 bits per heavy atom. The second-order valence-electron chi connectivity index (χ2n) is 3.83. The van der Waals surface area contributed by atoms with E-state index in [0.29, 0.717) is 0 Å². The molecular weight excluding hydrogens is 216 g/mol. The summed E-state index contributed by atoms with van der Waals surface area (Å²) in [5, 5.41) is 0. The zero-order valence-electron chi connectivity index (χ0n) is 9.44. The van der Waals surface area contributed by atoms with Gasteiger partial charge in [0.25, 0.3) is 0 Å². The highest BCUT2D eigenvalue weighted by molar-refractivity contribution is 7.91. The molecule has 0 aliphatic rings. The molecule has 0 aliphatic heterocycles. The van der Waals surface area contributed by atoms with Crippen molar-refractivity contribution in [3.63, 3.8) is 0 Å². The first-order valence-electron chi connectivity index (χ1n) is 5.22. The van der Waals surface area contributed by atoms with Crippen molar-refractivity contribution < 1.29 is 4.55 Å². The molecule has 0 radical (unpaired) electrons. The van der Waals surface area contributed by atoms with Crippen molar-refractivity contribution in [2.45, 2.75) is 23.6 Å². The van der Waals surface area contributed by atoms with Gasteiger partial charge in [-0.1, -0.05) is 24.3 Å². The third-order valence-electron chi connectivity index (χ3n) is 2.65. The van der Waals surface area contributed by atoms with Crippen molar-refractivity contribution in [1.29, 1.82) is 0 Å². The molecule has 0 amide bonds. The molecule has 0 saturated carbocycles. The Labute approximate surface area is 99.3 Å². The molecule has 1 unspecified atom stereocenters. The normalized spacial score (nSPS) is 12.4. The Morgan fingerprint density at radius 3 is 2.12 bits per heavy atom. The van der Waals surface area contributed by atoms with Crippen LogP contribution < -0.4 is 0 Å². The van der Waals surface area contributed by atoms with E-state index < -0.39 is 11.2 Å². The van der Waals surface area contributed by atoms with Crippen LogP contribution in [0.25, 0.3) is 0 Å². The quantitative estimate of drug-likeness (QED) is 0.724. The first kappa shape index (κ1) is 11.2. The average molecular weight is 230 g/mol. The van der Waals surface area contributed by atoms with E-state index >= 15 is 0 Å². The maximum Gasteiger partial charge on any atom is 0.158 e. The van der Waals surface area contributed by atoms with Gasteiger partial charge in [0, 0.05) is 11.2 Å². The second kappa shape index (κ2) is 4.73. The van der Waals surface area contributed by atoms with Crippen LogP contribution in [0, 0.1) is 13.8 Å². The zero-order valence-corrected chi connectivity index (χ0v) is 10.3. The Morgan fingerprint density at radius 1 is 0.812 bits per heavy atom. The number of hydrogen-bond acceptors (Lipinski definition) is 1. The number of rotatable bonds is 2. The molecule has 82 valence electrons. The Balaban J connectivity index is 2.34. The van der Waals surface area contributed by atoms with E-state index in [1.54, 1.807) is 0 Å². The van der Waals surface area contributed by atoms with Gasteiger partial charge in [-0.05, 0) is 49.2 Å². The van der Waals surface area contributed by atoms with Gasteiger partial charge in [0.2, 0.25) is 0 Å². The van der Waals surface area contributed by atoms with Gasteiger partial charge in [0.05, 0.1) is 0 Å². The fourth-order valence-corrected chi connectivity index (χ4v) is 2.66. The molecule has 2 rings (SSSR count). The zero-order chi connectivity index (χ0) is 11.5. The third-order valence-corrected chi connectivity index (χ3v) is 4.03. The van der Waals surface area contributed by atoms with E-state index in [1.165, 1.54) is 11.1 Å².